The molecule has 0 unspecified atom stereocenters. The van der Waals surface area contributed by atoms with Crippen molar-refractivity contribution in [3.8, 4) is 17.2 Å². The molecule has 11 nitrogen and oxygen atoms in total. The van der Waals surface area contributed by atoms with Crippen LogP contribution in [-0.4, -0.2) is 52.3 Å². The fourth-order valence-electron chi connectivity index (χ4n) is 2.37. The third-order valence-corrected chi connectivity index (χ3v) is 5.35. The van der Waals surface area contributed by atoms with Crippen LogP contribution in [0.2, 0.25) is 0 Å². The highest BCUT2D eigenvalue weighted by atomic mass is 32.2. The zero-order chi connectivity index (χ0) is 22.9. The molecule has 0 heterocycles. The Morgan fingerprint density at radius 2 is 1.13 bits per heavy atom. The van der Waals surface area contributed by atoms with E-state index in [0.717, 1.165) is 12.1 Å². The standard InChI is InChI=1S/C10H8O8S2.C7H6O3/c11-8-3-6(19(13,14)15)1-5-2-7(20(16,17)18)4-9(12)10(5)8;8-6-4-2-1-3-5(6)7(9)10/h1-4,11-12H,(H,13,14,15)(H,16,17,18);1-4,8H,(H,9,10). The second-order valence-electron chi connectivity index (χ2n) is 5.76. The van der Waals surface area contributed by atoms with Gasteiger partial charge in [0.1, 0.15) is 22.8 Å². The highest BCUT2D eigenvalue weighted by molar-refractivity contribution is 7.86. The molecule has 0 aliphatic heterocycles. The molecule has 0 aromatic heterocycles. The second kappa shape index (κ2) is 8.16. The molecule has 3 aromatic rings. The van der Waals surface area contributed by atoms with E-state index in [2.05, 4.69) is 0 Å². The van der Waals surface area contributed by atoms with Gasteiger partial charge < -0.3 is 20.4 Å². The number of hydrogen-bond acceptors (Lipinski definition) is 8. The summed E-state index contributed by atoms with van der Waals surface area (Å²) < 4.78 is 61.8. The van der Waals surface area contributed by atoms with Gasteiger partial charge in [-0.2, -0.15) is 16.8 Å². The number of phenols is 3. The average Bonchev–Trinajstić information content (AvgIpc) is 2.60. The van der Waals surface area contributed by atoms with Gasteiger partial charge in [-0.05, 0) is 29.7 Å². The van der Waals surface area contributed by atoms with Gasteiger partial charge in [-0.25, -0.2) is 4.79 Å². The third-order valence-electron chi connectivity index (χ3n) is 3.68. The number of aromatic carboxylic acids is 1. The Hall–Kier alpha value is -3.39. The van der Waals surface area contributed by atoms with Gasteiger partial charge in [0.2, 0.25) is 0 Å². The lowest BCUT2D eigenvalue weighted by Gasteiger charge is -2.08. The van der Waals surface area contributed by atoms with E-state index >= 15 is 0 Å². The van der Waals surface area contributed by atoms with E-state index in [4.69, 9.17) is 19.3 Å². The van der Waals surface area contributed by atoms with Crippen LogP contribution in [0, 0.1) is 0 Å². The van der Waals surface area contributed by atoms with Gasteiger partial charge in [-0.1, -0.05) is 12.1 Å². The van der Waals surface area contributed by atoms with Gasteiger partial charge in [-0.15, -0.1) is 0 Å². The first-order valence-corrected chi connectivity index (χ1v) is 10.6. The van der Waals surface area contributed by atoms with Crippen LogP contribution in [0.1, 0.15) is 10.4 Å². The number of carboxylic acids is 1. The summed E-state index contributed by atoms with van der Waals surface area (Å²) in [5.41, 5.74) is -0.0671. The van der Waals surface area contributed by atoms with Crippen molar-refractivity contribution in [2.45, 2.75) is 9.79 Å². The van der Waals surface area contributed by atoms with E-state index in [1.54, 1.807) is 12.1 Å². The zero-order valence-electron chi connectivity index (χ0n) is 14.7. The summed E-state index contributed by atoms with van der Waals surface area (Å²) in [7, 11) is -9.26. The number of carbonyl (C=O) groups is 1. The topological polar surface area (TPSA) is 207 Å². The van der Waals surface area contributed by atoms with Gasteiger partial charge in [0, 0.05) is 12.1 Å². The van der Waals surface area contributed by atoms with Crippen LogP contribution >= 0.6 is 0 Å². The van der Waals surface area contributed by atoms with E-state index in [-0.39, 0.29) is 22.1 Å². The third kappa shape index (κ3) is 5.15. The number of hydrogen-bond donors (Lipinski definition) is 6. The average molecular weight is 458 g/mol. The molecule has 0 saturated carbocycles. The molecule has 0 bridgehead atoms. The Morgan fingerprint density at radius 3 is 1.47 bits per heavy atom. The molecule has 0 spiro atoms. The minimum Gasteiger partial charge on any atom is -0.507 e. The summed E-state index contributed by atoms with van der Waals surface area (Å²) >= 11 is 0. The Kier molecular flexibility index (Phi) is 6.22. The van der Waals surface area contributed by atoms with Crippen LogP contribution in [0.25, 0.3) is 10.8 Å². The Labute approximate surface area is 169 Å². The highest BCUT2D eigenvalue weighted by Gasteiger charge is 2.19. The SMILES string of the molecule is O=C(O)c1ccccc1O.O=S(=O)(O)c1cc(O)c2c(O)cc(S(=O)(=O)O)cc2c1. The molecule has 13 heteroatoms. The minimum atomic E-state index is -4.63. The summed E-state index contributed by atoms with van der Waals surface area (Å²) in [5, 5.41) is 36.2. The summed E-state index contributed by atoms with van der Waals surface area (Å²) in [6.45, 7) is 0. The molecular formula is C17H14O11S2. The Morgan fingerprint density at radius 1 is 0.700 bits per heavy atom. The van der Waals surface area contributed by atoms with Crippen molar-refractivity contribution >= 4 is 37.0 Å². The molecule has 0 aliphatic rings. The molecule has 0 saturated heterocycles. The first-order chi connectivity index (χ1) is 13.7. The maximum absolute atomic E-state index is 11.0. The minimum absolute atomic E-state index is 0.0671. The Bertz CT molecular complexity index is 1270. The van der Waals surface area contributed by atoms with Crippen LogP contribution in [-0.2, 0) is 20.2 Å². The molecule has 3 aromatic carbocycles. The number of carboxylic acid groups (broad SMARTS) is 1. The van der Waals surface area contributed by atoms with Gasteiger partial charge in [0.15, 0.2) is 0 Å². The molecule has 0 fully saturated rings. The highest BCUT2D eigenvalue weighted by Crippen LogP contribution is 2.37. The fraction of sp³-hybridized carbons (Fsp3) is 0. The quantitative estimate of drug-likeness (QED) is 0.312. The molecule has 3 rings (SSSR count). The second-order valence-corrected chi connectivity index (χ2v) is 8.60. The van der Waals surface area contributed by atoms with Crippen molar-refractivity contribution in [2.24, 2.45) is 0 Å². The lowest BCUT2D eigenvalue weighted by Crippen LogP contribution is -2.00. The lowest BCUT2D eigenvalue weighted by molar-refractivity contribution is 0.0693. The van der Waals surface area contributed by atoms with Crippen LogP contribution in [0.4, 0.5) is 0 Å². The normalized spacial score (nSPS) is 11.5. The van der Waals surface area contributed by atoms with Crippen molar-refractivity contribution in [1.29, 1.82) is 0 Å². The number of benzene rings is 3. The number of phenolic OH excluding ortho intramolecular Hbond substituents is 2. The summed E-state index contributed by atoms with van der Waals surface area (Å²) in [5.74, 6) is -2.66. The van der Waals surface area contributed by atoms with Crippen molar-refractivity contribution in [3.05, 3.63) is 54.1 Å². The Balaban J connectivity index is 0.000000269. The predicted octanol–water partition coefficient (Wildman–Crippen LogP) is 1.83. The van der Waals surface area contributed by atoms with E-state index in [1.165, 1.54) is 12.1 Å². The maximum atomic E-state index is 11.0. The zero-order valence-corrected chi connectivity index (χ0v) is 16.3. The molecule has 6 N–H and O–H groups in total. The molecule has 30 heavy (non-hydrogen) atoms. The fourth-order valence-corrected chi connectivity index (χ4v) is 3.44. The van der Waals surface area contributed by atoms with Gasteiger partial charge in [-0.3, -0.25) is 9.11 Å². The number of rotatable bonds is 3. The van der Waals surface area contributed by atoms with Gasteiger partial charge >= 0.3 is 5.97 Å². The summed E-state index contributed by atoms with van der Waals surface area (Å²) in [6, 6.07) is 8.90. The predicted molar refractivity (Wildman–Crippen MR) is 102 cm³/mol. The largest absolute Gasteiger partial charge is 0.507 e. The van der Waals surface area contributed by atoms with E-state index < -0.39 is 47.5 Å². The molecule has 0 radical (unpaired) electrons. The summed E-state index contributed by atoms with van der Waals surface area (Å²) in [6.07, 6.45) is 0. The number of para-hydroxylation sites is 1. The first kappa shape index (κ1) is 22.9. The van der Waals surface area contributed by atoms with Crippen LogP contribution < -0.4 is 0 Å². The molecule has 0 aliphatic carbocycles. The van der Waals surface area contributed by atoms with Gasteiger partial charge in [0.05, 0.1) is 15.2 Å². The molecule has 160 valence electrons. The first-order valence-electron chi connectivity index (χ1n) is 7.68. The van der Waals surface area contributed by atoms with Crippen molar-refractivity contribution in [1.82, 2.24) is 0 Å². The van der Waals surface area contributed by atoms with Crippen LogP contribution in [0.15, 0.2) is 58.3 Å². The number of fused-ring (bicyclic) bond motifs is 1. The molecule has 0 amide bonds. The molecular weight excluding hydrogens is 444 g/mol. The lowest BCUT2D eigenvalue weighted by atomic mass is 10.1. The van der Waals surface area contributed by atoms with Crippen molar-refractivity contribution in [2.75, 3.05) is 0 Å². The number of aromatic hydroxyl groups is 3. The summed E-state index contributed by atoms with van der Waals surface area (Å²) in [4.78, 5) is 8.89. The smallest absolute Gasteiger partial charge is 0.339 e. The van der Waals surface area contributed by atoms with E-state index in [1.807, 2.05) is 0 Å². The van der Waals surface area contributed by atoms with Crippen LogP contribution in [0.3, 0.4) is 0 Å². The monoisotopic (exact) mass is 458 g/mol. The van der Waals surface area contributed by atoms with E-state index in [9.17, 15) is 31.8 Å². The van der Waals surface area contributed by atoms with Crippen LogP contribution in [0.5, 0.6) is 17.2 Å². The van der Waals surface area contributed by atoms with Gasteiger partial charge in [0.25, 0.3) is 20.2 Å². The van der Waals surface area contributed by atoms with Crippen molar-refractivity contribution in [3.63, 3.8) is 0 Å². The maximum Gasteiger partial charge on any atom is 0.339 e. The van der Waals surface area contributed by atoms with E-state index in [0.29, 0.717) is 12.1 Å². The van der Waals surface area contributed by atoms with Crippen molar-refractivity contribution < 1.29 is 51.2 Å². The molecule has 0 atom stereocenters.